The van der Waals surface area contributed by atoms with Crippen LogP contribution < -0.4 is 9.80 Å². The highest BCUT2D eigenvalue weighted by atomic mass is 35.5. The van der Waals surface area contributed by atoms with Crippen molar-refractivity contribution >= 4 is 28.8 Å². The Labute approximate surface area is 162 Å². The molecule has 2 aromatic carbocycles. The van der Waals surface area contributed by atoms with Crippen LogP contribution in [-0.2, 0) is 5.60 Å². The molecular formula is C21H19ClFN3O+. The van der Waals surface area contributed by atoms with Crippen LogP contribution in [-0.4, -0.2) is 17.6 Å². The van der Waals surface area contributed by atoms with Gasteiger partial charge in [0.05, 0.1) is 5.60 Å². The number of anilines is 1. The second kappa shape index (κ2) is 6.60. The highest BCUT2D eigenvalue weighted by Gasteiger charge is 2.42. The molecule has 0 aromatic heterocycles. The summed E-state index contributed by atoms with van der Waals surface area (Å²) in [6.45, 7) is 3.78. The van der Waals surface area contributed by atoms with Gasteiger partial charge in [0.2, 0.25) is 6.67 Å². The fourth-order valence-electron chi connectivity index (χ4n) is 3.09. The van der Waals surface area contributed by atoms with Gasteiger partial charge in [-0.2, -0.15) is 4.99 Å². The molecule has 0 saturated heterocycles. The number of rotatable bonds is 3. The van der Waals surface area contributed by atoms with E-state index in [9.17, 15) is 5.11 Å². The maximum Gasteiger partial charge on any atom is 0.368 e. The third kappa shape index (κ3) is 3.41. The maximum absolute atomic E-state index is 15.0. The monoisotopic (exact) mass is 383 g/mol. The molecule has 1 radical (unpaired) electrons. The summed E-state index contributed by atoms with van der Waals surface area (Å²) in [7, 11) is 0. The Kier molecular flexibility index (Phi) is 4.38. The Balaban J connectivity index is 1.63. The first-order valence-corrected chi connectivity index (χ1v) is 9.00. The van der Waals surface area contributed by atoms with Crippen LogP contribution in [0.15, 0.2) is 71.8 Å². The zero-order valence-corrected chi connectivity index (χ0v) is 15.8. The molecule has 2 aliphatic heterocycles. The summed E-state index contributed by atoms with van der Waals surface area (Å²) in [5.74, 6) is 0.174. The average molecular weight is 384 g/mol. The van der Waals surface area contributed by atoms with Crippen LogP contribution in [0, 0.1) is 0 Å². The molecule has 4 rings (SSSR count). The van der Waals surface area contributed by atoms with Crippen LogP contribution in [0.1, 0.15) is 25.0 Å². The third-order valence-corrected chi connectivity index (χ3v) is 4.89. The first-order valence-electron chi connectivity index (χ1n) is 8.63. The van der Waals surface area contributed by atoms with Crippen molar-refractivity contribution in [2.24, 2.45) is 4.99 Å². The number of benzene rings is 2. The van der Waals surface area contributed by atoms with Gasteiger partial charge in [-0.3, -0.25) is 4.90 Å². The van der Waals surface area contributed by atoms with Crippen molar-refractivity contribution in [2.75, 3.05) is 11.6 Å². The number of hydrogen-bond acceptors (Lipinski definition) is 4. The molecule has 4 nitrogen and oxygen atoms in total. The van der Waals surface area contributed by atoms with Crippen molar-refractivity contribution in [3.05, 3.63) is 82.9 Å². The molecule has 0 fully saturated rings. The number of aliphatic imine (C=N–C) groups is 1. The standard InChI is InChI=1S/C21H19ClFN3O/c1-21(2,27)15-4-3-5-17(12-15)25-11-10-18-24-19(20(23)26(18)13-25)14-6-8-16(22)9-7-14/h3-12,27H,13H2,1-2H3/q+1. The minimum Gasteiger partial charge on any atom is -0.386 e. The minimum absolute atomic E-state index is 0.299. The molecule has 2 heterocycles. The zero-order valence-electron chi connectivity index (χ0n) is 15.0. The van der Waals surface area contributed by atoms with E-state index in [-0.39, 0.29) is 5.95 Å². The van der Waals surface area contributed by atoms with Crippen LogP contribution in [0.25, 0.3) is 5.70 Å². The van der Waals surface area contributed by atoms with Crippen molar-refractivity contribution in [1.29, 1.82) is 0 Å². The van der Waals surface area contributed by atoms with Crippen LogP contribution in [0.2, 0.25) is 5.02 Å². The molecule has 27 heavy (non-hydrogen) atoms. The smallest absolute Gasteiger partial charge is 0.368 e. The normalized spacial score (nSPS) is 17.4. The van der Waals surface area contributed by atoms with Crippen molar-refractivity contribution in [2.45, 2.75) is 19.4 Å². The quantitative estimate of drug-likeness (QED) is 0.616. The van der Waals surface area contributed by atoms with E-state index in [4.69, 9.17) is 11.6 Å². The molecule has 0 unspecified atom stereocenters. The molecule has 0 bridgehead atoms. The number of amidine groups is 1. The van der Waals surface area contributed by atoms with Crippen LogP contribution in [0.5, 0.6) is 0 Å². The molecule has 0 amide bonds. The lowest BCUT2D eigenvalue weighted by Crippen LogP contribution is -2.43. The molecular weight excluding hydrogens is 365 g/mol. The molecule has 2 aliphatic rings. The predicted molar refractivity (Wildman–Crippen MR) is 107 cm³/mol. The van der Waals surface area contributed by atoms with Gasteiger partial charge < -0.3 is 5.11 Å². The lowest BCUT2D eigenvalue weighted by atomic mass is 9.98. The van der Waals surface area contributed by atoms with Gasteiger partial charge in [0, 0.05) is 28.5 Å². The summed E-state index contributed by atoms with van der Waals surface area (Å²) in [6.07, 6.45) is 3.65. The van der Waals surface area contributed by atoms with Gasteiger partial charge in [-0.25, -0.2) is 0 Å². The Bertz CT molecular complexity index is 974. The highest BCUT2D eigenvalue weighted by Crippen LogP contribution is 2.33. The van der Waals surface area contributed by atoms with Gasteiger partial charge >= 0.3 is 5.95 Å². The van der Waals surface area contributed by atoms with E-state index in [2.05, 4.69) is 4.99 Å². The van der Waals surface area contributed by atoms with Crippen LogP contribution in [0.3, 0.4) is 0 Å². The lowest BCUT2D eigenvalue weighted by molar-refractivity contribution is 0.0786. The summed E-state index contributed by atoms with van der Waals surface area (Å²) in [4.78, 5) is 7.87. The Morgan fingerprint density at radius 3 is 2.63 bits per heavy atom. The second-order valence-corrected chi connectivity index (χ2v) is 7.52. The first kappa shape index (κ1) is 17.9. The Morgan fingerprint density at radius 2 is 1.93 bits per heavy atom. The molecule has 6 heteroatoms. The fourth-order valence-corrected chi connectivity index (χ4v) is 3.22. The number of aliphatic hydroxyl groups is 1. The van der Waals surface area contributed by atoms with Crippen molar-refractivity contribution in [3.8, 4) is 0 Å². The maximum atomic E-state index is 15.0. The second-order valence-electron chi connectivity index (χ2n) is 7.08. The average Bonchev–Trinajstić information content (AvgIpc) is 2.98. The number of nitrogens with zero attached hydrogens (tertiary/aromatic N) is 3. The van der Waals surface area contributed by atoms with E-state index in [0.717, 1.165) is 11.3 Å². The van der Waals surface area contributed by atoms with Gasteiger partial charge in [0.15, 0.2) is 5.70 Å². The van der Waals surface area contributed by atoms with Crippen LogP contribution in [0.4, 0.5) is 10.1 Å². The van der Waals surface area contributed by atoms with Gasteiger partial charge in [0.1, 0.15) is 0 Å². The van der Waals surface area contributed by atoms with E-state index >= 15 is 4.39 Å². The van der Waals surface area contributed by atoms with E-state index < -0.39 is 5.60 Å². The molecule has 137 valence electrons. The minimum atomic E-state index is -0.942. The van der Waals surface area contributed by atoms with E-state index in [1.165, 1.54) is 4.90 Å². The Morgan fingerprint density at radius 1 is 1.19 bits per heavy atom. The fraction of sp³-hybridized carbons (Fsp3) is 0.190. The van der Waals surface area contributed by atoms with Crippen molar-refractivity contribution in [1.82, 2.24) is 4.90 Å². The predicted octanol–water partition coefficient (Wildman–Crippen LogP) is 4.71. The summed E-state index contributed by atoms with van der Waals surface area (Å²) in [5.41, 5.74) is 1.72. The van der Waals surface area contributed by atoms with E-state index in [0.29, 0.717) is 28.8 Å². The number of fused-ring (bicyclic) bond motifs is 1. The number of halogens is 2. The van der Waals surface area contributed by atoms with Gasteiger partial charge in [-0.05, 0) is 48.6 Å². The van der Waals surface area contributed by atoms with Crippen LogP contribution >= 0.6 is 11.6 Å². The molecule has 0 atom stereocenters. The van der Waals surface area contributed by atoms with E-state index in [1.54, 1.807) is 44.2 Å². The topological polar surface area (TPSA) is 41.7 Å². The summed E-state index contributed by atoms with van der Waals surface area (Å²) >= 11 is 5.92. The summed E-state index contributed by atoms with van der Waals surface area (Å²) < 4.78 is 15.0. The molecule has 0 spiro atoms. The highest BCUT2D eigenvalue weighted by molar-refractivity contribution is 6.30. The molecule has 0 saturated carbocycles. The number of hydrogen-bond donors (Lipinski definition) is 1. The molecule has 2 aromatic rings. The summed E-state index contributed by atoms with van der Waals surface area (Å²) in [6, 6.07) is 14.6. The first-order chi connectivity index (χ1) is 12.8. The van der Waals surface area contributed by atoms with Gasteiger partial charge in [-0.1, -0.05) is 35.9 Å². The third-order valence-electron chi connectivity index (χ3n) is 4.63. The SMILES string of the molecule is CC(C)(O)c1cccc(N2C=CC3=NC(c4ccc(Cl)cc4)=C(F)[N+]3C2)c1. The van der Waals surface area contributed by atoms with Crippen molar-refractivity contribution in [3.63, 3.8) is 0 Å². The van der Waals surface area contributed by atoms with Gasteiger partial charge in [0.25, 0.3) is 5.84 Å². The zero-order chi connectivity index (χ0) is 19.2. The summed E-state index contributed by atoms with van der Waals surface area (Å²) in [5, 5.41) is 10.8. The van der Waals surface area contributed by atoms with E-state index in [1.807, 2.05) is 35.4 Å². The largest absolute Gasteiger partial charge is 0.386 e. The lowest BCUT2D eigenvalue weighted by Gasteiger charge is -2.25. The Hall–Kier alpha value is -2.47. The molecule has 1 N–H and O–H groups in total. The molecule has 0 aliphatic carbocycles. The van der Waals surface area contributed by atoms with Crippen molar-refractivity contribution < 1.29 is 9.50 Å². The van der Waals surface area contributed by atoms with Gasteiger partial charge in [-0.15, -0.1) is 4.39 Å².